The van der Waals surface area contributed by atoms with E-state index in [4.69, 9.17) is 0 Å². The molecule has 1 amide bonds. The minimum absolute atomic E-state index is 0.0620. The Hall–Kier alpha value is -2.74. The minimum Gasteiger partial charge on any atom is -0.353 e. The van der Waals surface area contributed by atoms with Crippen molar-refractivity contribution in [1.82, 2.24) is 20.1 Å². The van der Waals surface area contributed by atoms with Crippen molar-refractivity contribution in [1.29, 1.82) is 0 Å². The number of carbonyl (C=O) groups is 1. The van der Waals surface area contributed by atoms with Crippen LogP contribution in [-0.2, 0) is 4.79 Å². The van der Waals surface area contributed by atoms with Crippen molar-refractivity contribution in [2.45, 2.75) is 43.3 Å². The number of nitrogens with zero attached hydrogens (tertiary/aromatic N) is 3. The molecule has 3 aromatic rings. The lowest BCUT2D eigenvalue weighted by Gasteiger charge is -2.22. The monoisotopic (exact) mass is 428 g/mol. The fourth-order valence-electron chi connectivity index (χ4n) is 3.65. The molecule has 1 aliphatic rings. The van der Waals surface area contributed by atoms with E-state index in [9.17, 15) is 13.6 Å². The van der Waals surface area contributed by atoms with Crippen molar-refractivity contribution in [3.63, 3.8) is 0 Å². The maximum Gasteiger partial charge on any atom is 0.230 e. The minimum atomic E-state index is -0.431. The van der Waals surface area contributed by atoms with Crippen LogP contribution in [0.5, 0.6) is 0 Å². The molecule has 2 aromatic carbocycles. The lowest BCUT2D eigenvalue weighted by molar-refractivity contribution is -0.119. The lowest BCUT2D eigenvalue weighted by atomic mass is 9.95. The van der Waals surface area contributed by atoms with Crippen LogP contribution in [0.4, 0.5) is 8.78 Å². The van der Waals surface area contributed by atoms with Crippen LogP contribution < -0.4 is 5.32 Å². The molecule has 0 saturated heterocycles. The average Bonchev–Trinajstić information content (AvgIpc) is 3.17. The highest BCUT2D eigenvalue weighted by molar-refractivity contribution is 7.99. The third kappa shape index (κ3) is 4.70. The van der Waals surface area contributed by atoms with Gasteiger partial charge in [-0.05, 0) is 49.2 Å². The van der Waals surface area contributed by atoms with Crippen molar-refractivity contribution < 1.29 is 13.6 Å². The molecule has 0 aliphatic heterocycles. The van der Waals surface area contributed by atoms with E-state index in [1.165, 1.54) is 36.4 Å². The third-order valence-electron chi connectivity index (χ3n) is 5.14. The van der Waals surface area contributed by atoms with Crippen molar-refractivity contribution >= 4 is 17.7 Å². The molecule has 0 radical (unpaired) electrons. The van der Waals surface area contributed by atoms with Crippen LogP contribution in [-0.4, -0.2) is 32.5 Å². The highest BCUT2D eigenvalue weighted by Crippen LogP contribution is 2.29. The first-order valence-electron chi connectivity index (χ1n) is 10.0. The first-order chi connectivity index (χ1) is 14.6. The molecule has 0 spiro atoms. The molecule has 1 aliphatic carbocycles. The topological polar surface area (TPSA) is 59.8 Å². The zero-order chi connectivity index (χ0) is 20.9. The Morgan fingerprint density at radius 1 is 1.03 bits per heavy atom. The molecular formula is C22H22F2N4OS. The van der Waals surface area contributed by atoms with Gasteiger partial charge in [0.2, 0.25) is 5.91 Å². The summed E-state index contributed by atoms with van der Waals surface area (Å²) >= 11 is 1.23. The summed E-state index contributed by atoms with van der Waals surface area (Å²) in [7, 11) is 0. The molecular weight excluding hydrogens is 406 g/mol. The number of hydrogen-bond donors (Lipinski definition) is 1. The first kappa shape index (κ1) is 20.5. The molecule has 30 heavy (non-hydrogen) atoms. The van der Waals surface area contributed by atoms with Crippen molar-refractivity contribution in [3.8, 4) is 17.1 Å². The molecule has 8 heteroatoms. The standard InChI is InChI=1S/C22H22F2N4OS/c23-15-10-12-17(13-11-15)28-21(18-8-4-5-9-19(18)24)26-27-22(28)30-14-20(29)25-16-6-2-1-3-7-16/h4-5,8-13,16H,1-3,6-7,14H2,(H,25,29). The van der Waals surface area contributed by atoms with Gasteiger partial charge in [-0.15, -0.1) is 10.2 Å². The molecule has 156 valence electrons. The number of hydrogen-bond acceptors (Lipinski definition) is 4. The number of amides is 1. The number of aromatic nitrogens is 3. The molecule has 0 unspecified atom stereocenters. The lowest BCUT2D eigenvalue weighted by Crippen LogP contribution is -2.37. The highest BCUT2D eigenvalue weighted by atomic mass is 32.2. The molecule has 1 fully saturated rings. The Labute approximate surface area is 177 Å². The SMILES string of the molecule is O=C(CSc1nnc(-c2ccccc2F)n1-c1ccc(F)cc1)NC1CCCCC1. The second kappa shape index (κ2) is 9.38. The van der Waals surface area contributed by atoms with Crippen LogP contribution in [0.15, 0.2) is 53.7 Å². The summed E-state index contributed by atoms with van der Waals surface area (Å²) in [6.07, 6.45) is 5.53. The van der Waals surface area contributed by atoms with Gasteiger partial charge in [0.25, 0.3) is 0 Å². The number of rotatable bonds is 6. The second-order valence-electron chi connectivity index (χ2n) is 7.29. The van der Waals surface area contributed by atoms with Gasteiger partial charge in [-0.2, -0.15) is 0 Å². The van der Waals surface area contributed by atoms with Crippen LogP contribution in [0.3, 0.4) is 0 Å². The van der Waals surface area contributed by atoms with E-state index < -0.39 is 5.82 Å². The van der Waals surface area contributed by atoms with E-state index >= 15 is 0 Å². The van der Waals surface area contributed by atoms with Crippen LogP contribution in [0, 0.1) is 11.6 Å². The van der Waals surface area contributed by atoms with Crippen LogP contribution in [0.25, 0.3) is 17.1 Å². The summed E-state index contributed by atoms with van der Waals surface area (Å²) in [6, 6.07) is 12.3. The summed E-state index contributed by atoms with van der Waals surface area (Å²) in [6.45, 7) is 0. The predicted molar refractivity (Wildman–Crippen MR) is 112 cm³/mol. The number of benzene rings is 2. The van der Waals surface area contributed by atoms with Crippen LogP contribution in [0.1, 0.15) is 32.1 Å². The number of nitrogens with one attached hydrogen (secondary N) is 1. The Bertz CT molecular complexity index is 1020. The number of thioether (sulfide) groups is 1. The van der Waals surface area contributed by atoms with Gasteiger partial charge in [-0.25, -0.2) is 8.78 Å². The predicted octanol–water partition coefficient (Wildman–Crippen LogP) is 4.75. The Morgan fingerprint density at radius 3 is 2.50 bits per heavy atom. The quantitative estimate of drug-likeness (QED) is 0.576. The van der Waals surface area contributed by atoms with E-state index in [1.807, 2.05) is 0 Å². The molecule has 1 aromatic heterocycles. The average molecular weight is 429 g/mol. The summed E-state index contributed by atoms with van der Waals surface area (Å²) in [5.41, 5.74) is 0.877. The smallest absolute Gasteiger partial charge is 0.230 e. The molecule has 4 rings (SSSR count). The summed E-state index contributed by atoms with van der Waals surface area (Å²) < 4.78 is 29.5. The fourth-order valence-corrected chi connectivity index (χ4v) is 4.41. The van der Waals surface area contributed by atoms with Crippen LogP contribution >= 0.6 is 11.8 Å². The van der Waals surface area contributed by atoms with Gasteiger partial charge in [-0.3, -0.25) is 9.36 Å². The Morgan fingerprint density at radius 2 is 1.77 bits per heavy atom. The molecule has 1 N–H and O–H groups in total. The number of carbonyl (C=O) groups excluding carboxylic acids is 1. The van der Waals surface area contributed by atoms with Crippen LogP contribution in [0.2, 0.25) is 0 Å². The van der Waals surface area contributed by atoms with Gasteiger partial charge in [0.05, 0.1) is 11.3 Å². The maximum absolute atomic E-state index is 14.4. The van der Waals surface area contributed by atoms with Gasteiger partial charge in [0.15, 0.2) is 11.0 Å². The Balaban J connectivity index is 1.59. The van der Waals surface area contributed by atoms with Crippen molar-refractivity contribution in [3.05, 3.63) is 60.2 Å². The summed E-state index contributed by atoms with van der Waals surface area (Å²) in [5, 5.41) is 11.9. The maximum atomic E-state index is 14.4. The largest absolute Gasteiger partial charge is 0.353 e. The van der Waals surface area contributed by atoms with Gasteiger partial charge in [-0.1, -0.05) is 43.2 Å². The van der Waals surface area contributed by atoms with E-state index in [2.05, 4.69) is 15.5 Å². The molecule has 0 atom stereocenters. The number of halogens is 2. The van der Waals surface area contributed by atoms with Gasteiger partial charge in [0, 0.05) is 11.7 Å². The molecule has 5 nitrogen and oxygen atoms in total. The van der Waals surface area contributed by atoms with E-state index in [-0.39, 0.29) is 29.1 Å². The highest BCUT2D eigenvalue weighted by Gasteiger charge is 2.21. The normalized spacial score (nSPS) is 14.6. The molecule has 0 bridgehead atoms. The first-order valence-corrected chi connectivity index (χ1v) is 11.0. The molecule has 1 saturated carbocycles. The Kier molecular flexibility index (Phi) is 6.42. The van der Waals surface area contributed by atoms with Gasteiger partial charge >= 0.3 is 0 Å². The van der Waals surface area contributed by atoms with E-state index in [0.717, 1.165) is 25.7 Å². The second-order valence-corrected chi connectivity index (χ2v) is 8.23. The van der Waals surface area contributed by atoms with Gasteiger partial charge < -0.3 is 5.32 Å². The third-order valence-corrected chi connectivity index (χ3v) is 6.06. The zero-order valence-corrected chi connectivity index (χ0v) is 17.2. The van der Waals surface area contributed by atoms with Gasteiger partial charge in [0.1, 0.15) is 11.6 Å². The van der Waals surface area contributed by atoms with Crippen molar-refractivity contribution in [2.24, 2.45) is 0 Å². The fraction of sp³-hybridized carbons (Fsp3) is 0.318. The zero-order valence-electron chi connectivity index (χ0n) is 16.4. The molecule has 1 heterocycles. The van der Waals surface area contributed by atoms with E-state index in [1.54, 1.807) is 34.9 Å². The summed E-state index contributed by atoms with van der Waals surface area (Å²) in [5.74, 6) is -0.393. The van der Waals surface area contributed by atoms with Crippen molar-refractivity contribution in [2.75, 3.05) is 5.75 Å². The van der Waals surface area contributed by atoms with E-state index in [0.29, 0.717) is 16.7 Å². The summed E-state index contributed by atoms with van der Waals surface area (Å²) in [4.78, 5) is 12.4.